The summed E-state index contributed by atoms with van der Waals surface area (Å²) in [5, 5.41) is 10.9. The summed E-state index contributed by atoms with van der Waals surface area (Å²) in [5.74, 6) is -0.706. The molecule has 0 bridgehead atoms. The van der Waals surface area contributed by atoms with Gasteiger partial charge >= 0.3 is 12.8 Å². The van der Waals surface area contributed by atoms with Crippen molar-refractivity contribution in [2.75, 3.05) is 26.2 Å². The Morgan fingerprint density at radius 3 is 2.65 bits per heavy atom. The van der Waals surface area contributed by atoms with E-state index in [1.54, 1.807) is 4.90 Å². The Morgan fingerprint density at radius 1 is 1.24 bits per heavy atom. The van der Waals surface area contributed by atoms with Gasteiger partial charge in [0.2, 0.25) is 0 Å². The first-order valence-corrected chi connectivity index (χ1v) is 10.9. The van der Waals surface area contributed by atoms with Crippen LogP contribution in [-0.2, 0) is 11.8 Å². The maximum atomic E-state index is 13.0. The van der Waals surface area contributed by atoms with Crippen LogP contribution in [0.3, 0.4) is 0 Å². The molecule has 12 heteroatoms. The number of amides is 1. The SMILES string of the molecule is O=C(c1cccc(OC(F)F)c1Cl)N1CCN2C[C@](O)(c3ccc(C(F)(F)F)cn3)CC[C@H]2C1. The normalized spacial score (nSPS) is 23.6. The van der Waals surface area contributed by atoms with Crippen molar-refractivity contribution in [3.05, 3.63) is 58.4 Å². The van der Waals surface area contributed by atoms with E-state index in [1.807, 2.05) is 4.90 Å². The van der Waals surface area contributed by atoms with Crippen molar-refractivity contribution in [3.8, 4) is 5.75 Å². The van der Waals surface area contributed by atoms with Gasteiger partial charge in [0.1, 0.15) is 11.4 Å². The fourth-order valence-electron chi connectivity index (χ4n) is 4.46. The molecule has 0 aliphatic carbocycles. The highest BCUT2D eigenvalue weighted by Gasteiger charge is 2.43. The van der Waals surface area contributed by atoms with E-state index in [2.05, 4.69) is 9.72 Å². The molecule has 2 fully saturated rings. The zero-order valence-electron chi connectivity index (χ0n) is 17.7. The van der Waals surface area contributed by atoms with Crippen molar-refractivity contribution in [3.63, 3.8) is 0 Å². The van der Waals surface area contributed by atoms with Gasteiger partial charge in [-0.25, -0.2) is 0 Å². The fourth-order valence-corrected chi connectivity index (χ4v) is 4.71. The van der Waals surface area contributed by atoms with Crippen molar-refractivity contribution >= 4 is 17.5 Å². The number of rotatable bonds is 4. The number of alkyl halides is 5. The molecule has 3 heterocycles. The number of aromatic nitrogens is 1. The van der Waals surface area contributed by atoms with E-state index in [0.29, 0.717) is 32.3 Å². The summed E-state index contributed by atoms with van der Waals surface area (Å²) in [6.07, 6.45) is -3.06. The molecule has 1 aromatic carbocycles. The number of carbonyl (C=O) groups excluding carboxylic acids is 1. The zero-order chi connectivity index (χ0) is 24.7. The van der Waals surface area contributed by atoms with Gasteiger partial charge in [-0.2, -0.15) is 22.0 Å². The van der Waals surface area contributed by atoms with Gasteiger partial charge < -0.3 is 14.7 Å². The van der Waals surface area contributed by atoms with Gasteiger partial charge in [0, 0.05) is 38.4 Å². The maximum absolute atomic E-state index is 13.0. The number of piperidine rings is 1. The van der Waals surface area contributed by atoms with E-state index in [9.17, 15) is 31.9 Å². The number of piperazine rings is 1. The zero-order valence-corrected chi connectivity index (χ0v) is 18.5. The van der Waals surface area contributed by atoms with Gasteiger partial charge in [0.25, 0.3) is 5.91 Å². The quantitative estimate of drug-likeness (QED) is 0.632. The summed E-state index contributed by atoms with van der Waals surface area (Å²) in [6.45, 7) is -1.89. The highest BCUT2D eigenvalue weighted by molar-refractivity contribution is 6.35. The highest BCUT2D eigenvalue weighted by Crippen LogP contribution is 2.37. The predicted molar refractivity (Wildman–Crippen MR) is 112 cm³/mol. The van der Waals surface area contributed by atoms with Gasteiger partial charge in [-0.05, 0) is 37.1 Å². The molecule has 1 amide bonds. The Kier molecular flexibility index (Phi) is 6.71. The average Bonchev–Trinajstić information content (AvgIpc) is 2.79. The van der Waals surface area contributed by atoms with Crippen molar-refractivity contribution in [2.45, 2.75) is 37.3 Å². The average molecular weight is 506 g/mol. The lowest BCUT2D eigenvalue weighted by molar-refractivity contribution is -0.138. The summed E-state index contributed by atoms with van der Waals surface area (Å²) in [5.41, 5.74) is -2.08. The molecular weight excluding hydrogens is 485 g/mol. The van der Waals surface area contributed by atoms with Gasteiger partial charge in [-0.1, -0.05) is 17.7 Å². The smallest absolute Gasteiger partial charge is 0.417 e. The minimum Gasteiger partial charge on any atom is -0.433 e. The second-order valence-corrected chi connectivity index (χ2v) is 8.75. The topological polar surface area (TPSA) is 65.9 Å². The Hall–Kier alpha value is -2.50. The van der Waals surface area contributed by atoms with Gasteiger partial charge in [-0.3, -0.25) is 14.7 Å². The molecule has 2 aliphatic rings. The van der Waals surface area contributed by atoms with Crippen LogP contribution in [0.5, 0.6) is 5.75 Å². The molecule has 0 spiro atoms. The molecule has 2 atom stereocenters. The summed E-state index contributed by atoms with van der Waals surface area (Å²) in [7, 11) is 0. The van der Waals surface area contributed by atoms with E-state index in [1.165, 1.54) is 24.3 Å². The summed E-state index contributed by atoms with van der Waals surface area (Å²) < 4.78 is 68.0. The van der Waals surface area contributed by atoms with Crippen LogP contribution >= 0.6 is 11.6 Å². The molecule has 184 valence electrons. The number of hydrogen-bond acceptors (Lipinski definition) is 5. The van der Waals surface area contributed by atoms with E-state index >= 15 is 0 Å². The standard InChI is InChI=1S/C22H21ClF5N3O3/c23-18-15(2-1-3-16(18)34-20(24)25)19(32)30-8-9-31-12-21(33,7-6-14(31)11-30)17-5-4-13(10-29-17)22(26,27)28/h1-5,10,14,20,33H,6-9,11-12H2/t14-,21-/m0/s1. The minimum absolute atomic E-state index is 0.0505. The lowest BCUT2D eigenvalue weighted by Gasteiger charge is -2.49. The van der Waals surface area contributed by atoms with Crippen molar-refractivity contribution in [2.24, 2.45) is 0 Å². The molecule has 34 heavy (non-hydrogen) atoms. The van der Waals surface area contributed by atoms with Gasteiger partial charge in [-0.15, -0.1) is 0 Å². The molecule has 0 unspecified atom stereocenters. The number of aliphatic hydroxyl groups is 1. The first-order chi connectivity index (χ1) is 16.0. The monoisotopic (exact) mass is 505 g/mol. The van der Waals surface area contributed by atoms with Crippen molar-refractivity contribution in [1.82, 2.24) is 14.8 Å². The molecule has 4 rings (SSSR count). The molecule has 0 saturated carbocycles. The minimum atomic E-state index is -4.51. The molecule has 2 aliphatic heterocycles. The van der Waals surface area contributed by atoms with Crippen LogP contribution in [0.2, 0.25) is 5.02 Å². The number of carbonyl (C=O) groups is 1. The lowest BCUT2D eigenvalue weighted by Crippen LogP contribution is -2.60. The second-order valence-electron chi connectivity index (χ2n) is 8.37. The fraction of sp³-hybridized carbons (Fsp3) is 0.455. The van der Waals surface area contributed by atoms with Crippen LogP contribution in [-0.4, -0.2) is 64.6 Å². The van der Waals surface area contributed by atoms with Crippen LogP contribution in [0.25, 0.3) is 0 Å². The van der Waals surface area contributed by atoms with Crippen LogP contribution in [0.15, 0.2) is 36.5 Å². The molecule has 2 aromatic rings. The van der Waals surface area contributed by atoms with E-state index in [4.69, 9.17) is 11.6 Å². The third-order valence-corrected chi connectivity index (χ3v) is 6.61. The van der Waals surface area contributed by atoms with Crippen molar-refractivity contribution < 1.29 is 36.6 Å². The Morgan fingerprint density at radius 2 is 2.00 bits per heavy atom. The molecule has 2 saturated heterocycles. The summed E-state index contributed by atoms with van der Waals surface area (Å²) in [4.78, 5) is 20.4. The van der Waals surface area contributed by atoms with Gasteiger partial charge in [0.05, 0.1) is 21.8 Å². The predicted octanol–water partition coefficient (Wildman–Crippen LogP) is 4.16. The summed E-state index contributed by atoms with van der Waals surface area (Å²) in [6, 6.07) is 6.10. The molecule has 0 radical (unpaired) electrons. The second kappa shape index (κ2) is 9.27. The van der Waals surface area contributed by atoms with Gasteiger partial charge in [0.15, 0.2) is 0 Å². The number of hydrogen-bond donors (Lipinski definition) is 1. The molecule has 1 aromatic heterocycles. The number of nitrogens with zero attached hydrogens (tertiary/aromatic N) is 3. The summed E-state index contributed by atoms with van der Waals surface area (Å²) >= 11 is 6.12. The third-order valence-electron chi connectivity index (χ3n) is 6.23. The molecule has 6 nitrogen and oxygen atoms in total. The highest BCUT2D eigenvalue weighted by atomic mass is 35.5. The van der Waals surface area contributed by atoms with Crippen molar-refractivity contribution in [1.29, 1.82) is 0 Å². The Bertz CT molecular complexity index is 1050. The van der Waals surface area contributed by atoms with E-state index in [-0.39, 0.29) is 41.0 Å². The largest absolute Gasteiger partial charge is 0.433 e. The molecule has 1 N–H and O–H groups in total. The number of benzene rings is 1. The lowest BCUT2D eigenvalue weighted by atomic mass is 9.84. The van der Waals surface area contributed by atoms with Crippen LogP contribution < -0.4 is 4.74 Å². The van der Waals surface area contributed by atoms with Crippen LogP contribution in [0, 0.1) is 0 Å². The van der Waals surface area contributed by atoms with Crippen LogP contribution in [0.1, 0.15) is 34.5 Å². The van der Waals surface area contributed by atoms with E-state index < -0.39 is 29.9 Å². The Balaban J connectivity index is 1.44. The number of pyridine rings is 1. The number of halogens is 6. The number of ether oxygens (including phenoxy) is 1. The first kappa shape index (κ1) is 24.6. The van der Waals surface area contributed by atoms with E-state index in [0.717, 1.165) is 6.07 Å². The first-order valence-electron chi connectivity index (χ1n) is 10.5. The third kappa shape index (κ3) is 4.96. The maximum Gasteiger partial charge on any atom is 0.417 e. The Labute approximate surface area is 196 Å². The number of fused-ring (bicyclic) bond motifs is 1. The van der Waals surface area contributed by atoms with Crippen LogP contribution in [0.4, 0.5) is 22.0 Å². The molecular formula is C22H21ClF5N3O3.